The summed E-state index contributed by atoms with van der Waals surface area (Å²) in [7, 11) is 3.75. The summed E-state index contributed by atoms with van der Waals surface area (Å²) >= 11 is 0. The van der Waals surface area contributed by atoms with Gasteiger partial charge in [-0.3, -0.25) is 4.79 Å². The normalized spacial score (nSPS) is 10.2. The molecule has 0 atom stereocenters. The summed E-state index contributed by atoms with van der Waals surface area (Å²) in [6, 6.07) is 10.2. The lowest BCUT2D eigenvalue weighted by Crippen LogP contribution is -2.12. The molecule has 12 nitrogen and oxygen atoms in total. The Balaban J connectivity index is 0.000000419. The molecule has 0 aliphatic rings. The van der Waals surface area contributed by atoms with Gasteiger partial charge in [0.15, 0.2) is 0 Å². The number of unbranched alkanes of at least 4 members (excludes halogenated alkanes) is 4. The molecular weight excluding hydrogens is 568 g/mol. The van der Waals surface area contributed by atoms with Gasteiger partial charge in [0.2, 0.25) is 5.91 Å². The van der Waals surface area contributed by atoms with Gasteiger partial charge < -0.3 is 26.6 Å². The number of benzene rings is 1. The number of nitrogens with zero attached hydrogens (tertiary/aromatic N) is 6. The van der Waals surface area contributed by atoms with Crippen LogP contribution in [-0.2, 0) is 22.4 Å². The molecule has 1 aromatic carbocycles. The summed E-state index contributed by atoms with van der Waals surface area (Å²) in [5.41, 5.74) is 16.0. The van der Waals surface area contributed by atoms with Crippen molar-refractivity contribution in [2.75, 3.05) is 14.1 Å². The zero-order chi connectivity index (χ0) is 33.5. The second-order valence-corrected chi connectivity index (χ2v) is 9.78. The minimum absolute atomic E-state index is 0.296. The van der Waals surface area contributed by atoms with Crippen LogP contribution in [0.4, 0.5) is 5.95 Å². The van der Waals surface area contributed by atoms with Crippen molar-refractivity contribution < 1.29 is 9.59 Å². The molecule has 4 rings (SSSR count). The second kappa shape index (κ2) is 22.8. The summed E-state index contributed by atoms with van der Waals surface area (Å²) < 4.78 is 1.84. The Kier molecular flexibility index (Phi) is 19.4. The Morgan fingerprint density at radius 3 is 2.22 bits per heavy atom. The molecule has 0 aliphatic carbocycles. The molecule has 0 radical (unpaired) electrons. The number of carbonyl (C=O) groups is 2. The lowest BCUT2D eigenvalue weighted by atomic mass is 10.1. The number of H-pyrrole nitrogens is 1. The molecule has 3 aromatic heterocycles. The summed E-state index contributed by atoms with van der Waals surface area (Å²) in [6.45, 7) is 7.70. The Bertz CT molecular complexity index is 1370. The van der Waals surface area contributed by atoms with Crippen molar-refractivity contribution in [1.82, 2.24) is 35.0 Å². The van der Waals surface area contributed by atoms with E-state index in [1.807, 2.05) is 64.9 Å². The molecule has 0 aliphatic heterocycles. The van der Waals surface area contributed by atoms with Crippen molar-refractivity contribution in [3.05, 3.63) is 71.7 Å². The van der Waals surface area contributed by atoms with Crippen LogP contribution in [0.5, 0.6) is 0 Å². The minimum Gasteiger partial charge on any atom is -0.390 e. The van der Waals surface area contributed by atoms with Gasteiger partial charge >= 0.3 is 0 Å². The predicted octanol–water partition coefficient (Wildman–Crippen LogP) is 4.95. The van der Waals surface area contributed by atoms with Crippen LogP contribution in [0.15, 0.2) is 53.9 Å². The number of aromatic amines is 1. The number of amides is 1. The minimum atomic E-state index is -0.331. The van der Waals surface area contributed by atoms with Crippen LogP contribution in [0.3, 0.4) is 0 Å². The van der Waals surface area contributed by atoms with Gasteiger partial charge in [0.25, 0.3) is 5.95 Å². The first-order valence-electron chi connectivity index (χ1n) is 15.4. The molecule has 6 N–H and O–H groups in total. The van der Waals surface area contributed by atoms with Crippen LogP contribution < -0.4 is 16.8 Å². The van der Waals surface area contributed by atoms with Crippen LogP contribution in [0, 0.1) is 13.8 Å². The molecule has 1 amide bonds. The van der Waals surface area contributed by atoms with E-state index in [-0.39, 0.29) is 5.91 Å². The average Bonchev–Trinajstić information content (AvgIpc) is 3.74. The second-order valence-electron chi connectivity index (χ2n) is 9.78. The lowest BCUT2D eigenvalue weighted by molar-refractivity contribution is -0.118. The summed E-state index contributed by atoms with van der Waals surface area (Å²) in [6.07, 6.45) is 14.6. The van der Waals surface area contributed by atoms with E-state index in [0.717, 1.165) is 84.4 Å². The summed E-state index contributed by atoms with van der Waals surface area (Å²) in [4.78, 5) is 41.0. The molecule has 0 spiro atoms. The van der Waals surface area contributed by atoms with E-state index in [2.05, 4.69) is 59.6 Å². The Hall–Kier alpha value is -4.71. The van der Waals surface area contributed by atoms with E-state index in [1.54, 1.807) is 6.20 Å². The Morgan fingerprint density at radius 1 is 1.02 bits per heavy atom. The first-order chi connectivity index (χ1) is 21.8. The zero-order valence-corrected chi connectivity index (χ0v) is 27.6. The number of primary amides is 1. The van der Waals surface area contributed by atoms with Gasteiger partial charge in [-0.05, 0) is 76.5 Å². The first kappa shape index (κ1) is 38.3. The highest BCUT2D eigenvalue weighted by Crippen LogP contribution is 2.20. The number of rotatable bonds is 13. The average molecular weight is 619 g/mol. The molecule has 4 aromatic rings. The summed E-state index contributed by atoms with van der Waals surface area (Å²) in [5.74, 6) is 1.03. The molecule has 3 heterocycles. The number of hydrogen-bond acceptors (Lipinski definition) is 8. The maximum absolute atomic E-state index is 10.7. The van der Waals surface area contributed by atoms with Crippen molar-refractivity contribution in [3.8, 4) is 16.9 Å². The molecular formula is C33H50N10O2. The number of nitrogens with one attached hydrogen (secondary N) is 2. The van der Waals surface area contributed by atoms with Crippen molar-refractivity contribution >= 4 is 24.5 Å². The predicted molar refractivity (Wildman–Crippen MR) is 182 cm³/mol. The van der Waals surface area contributed by atoms with E-state index < -0.39 is 0 Å². The molecule has 0 fully saturated rings. The number of aromatic nitrogens is 6. The SMILES string of the molecule is CC.CNC.Cc1nc(/N=C\N)nc(C)c1CCC(N)=O.O=CCCCCCCc1ncc(-c2ccc(-n3cccn3)cc2)[nH]1. The fourth-order valence-corrected chi connectivity index (χ4v) is 4.18. The third-order valence-electron chi connectivity index (χ3n) is 6.28. The Morgan fingerprint density at radius 2 is 1.67 bits per heavy atom. The number of aryl methyl sites for hydroxylation is 3. The molecule has 244 valence electrons. The number of nitrogens with two attached hydrogens (primary N) is 2. The quantitative estimate of drug-likeness (QED) is 0.0702. The van der Waals surface area contributed by atoms with E-state index in [0.29, 0.717) is 25.2 Å². The largest absolute Gasteiger partial charge is 0.390 e. The molecule has 12 heteroatoms. The van der Waals surface area contributed by atoms with Gasteiger partial charge in [0.1, 0.15) is 12.1 Å². The number of imidazole rings is 1. The van der Waals surface area contributed by atoms with Crippen LogP contribution in [-0.4, -0.2) is 62.3 Å². The standard InChI is InChI=1S/C19H22N4O.C10H15N5O.C2H7N.C2H6/c24-14-5-3-1-2-4-7-19-20-15-18(22-19)16-8-10-17(11-9-16)23-13-6-12-21-23;1-6-8(3-4-9(12)16)7(2)15-10(14-6)13-5-11;1-3-2;1-2/h6,8-15H,1-5,7H2,(H,20,22);5H,3-4H2,1-2H3,(H2,12,16)(H2,11,13,14,15);3H,1-2H3;1-2H3. The number of aldehydes is 1. The van der Waals surface area contributed by atoms with Crippen LogP contribution >= 0.6 is 0 Å². The fraction of sp³-hybridized carbons (Fsp3) is 0.424. The topological polar surface area (TPSA) is 183 Å². The summed E-state index contributed by atoms with van der Waals surface area (Å²) in [5, 5.41) is 6.98. The van der Waals surface area contributed by atoms with E-state index >= 15 is 0 Å². The van der Waals surface area contributed by atoms with Gasteiger partial charge in [0, 0.05) is 43.0 Å². The third-order valence-corrected chi connectivity index (χ3v) is 6.28. The molecule has 0 saturated heterocycles. The molecule has 0 unspecified atom stereocenters. The maximum Gasteiger partial charge on any atom is 0.251 e. The van der Waals surface area contributed by atoms with E-state index in [1.165, 1.54) is 0 Å². The number of carbonyl (C=O) groups excluding carboxylic acids is 2. The van der Waals surface area contributed by atoms with Gasteiger partial charge in [-0.2, -0.15) is 5.10 Å². The van der Waals surface area contributed by atoms with Crippen molar-refractivity contribution in [2.45, 2.75) is 79.1 Å². The van der Waals surface area contributed by atoms with Crippen molar-refractivity contribution in [2.24, 2.45) is 16.5 Å². The molecule has 0 saturated carbocycles. The number of aliphatic imine (C=N–C) groups is 1. The van der Waals surface area contributed by atoms with Gasteiger partial charge in [-0.25, -0.2) is 24.6 Å². The fourth-order valence-electron chi connectivity index (χ4n) is 4.18. The molecule has 0 bridgehead atoms. The van der Waals surface area contributed by atoms with Gasteiger partial charge in [-0.15, -0.1) is 0 Å². The highest BCUT2D eigenvalue weighted by atomic mass is 16.1. The zero-order valence-electron chi connectivity index (χ0n) is 27.6. The molecule has 45 heavy (non-hydrogen) atoms. The van der Waals surface area contributed by atoms with Crippen molar-refractivity contribution in [3.63, 3.8) is 0 Å². The van der Waals surface area contributed by atoms with E-state index in [9.17, 15) is 9.59 Å². The highest BCUT2D eigenvalue weighted by Gasteiger charge is 2.09. The monoisotopic (exact) mass is 618 g/mol. The van der Waals surface area contributed by atoms with Crippen molar-refractivity contribution in [1.29, 1.82) is 0 Å². The smallest absolute Gasteiger partial charge is 0.251 e. The highest BCUT2D eigenvalue weighted by molar-refractivity contribution is 5.74. The van der Waals surface area contributed by atoms with Crippen LogP contribution in [0.25, 0.3) is 16.9 Å². The third kappa shape index (κ3) is 14.5. The van der Waals surface area contributed by atoms with E-state index in [4.69, 9.17) is 11.5 Å². The van der Waals surface area contributed by atoms with Crippen LogP contribution in [0.2, 0.25) is 0 Å². The van der Waals surface area contributed by atoms with Gasteiger partial charge in [0.05, 0.1) is 23.9 Å². The maximum atomic E-state index is 10.7. The first-order valence-corrected chi connectivity index (χ1v) is 15.4. The lowest BCUT2D eigenvalue weighted by Gasteiger charge is -2.07. The number of hydrogen-bond donors (Lipinski definition) is 4. The van der Waals surface area contributed by atoms with Gasteiger partial charge in [-0.1, -0.05) is 38.8 Å². The Labute approximate surface area is 267 Å². The van der Waals surface area contributed by atoms with Crippen LogP contribution in [0.1, 0.15) is 75.1 Å².